The molecule has 0 radical (unpaired) electrons. The number of aromatic nitrogens is 2. The van der Waals surface area contributed by atoms with E-state index in [2.05, 4.69) is 15.3 Å². The number of oxazole rings is 1. The summed E-state index contributed by atoms with van der Waals surface area (Å²) in [6.07, 6.45) is 3.22. The van der Waals surface area contributed by atoms with Crippen molar-refractivity contribution in [3.05, 3.63) is 65.8 Å². The number of carbonyl (C=O) groups excluding carboxylic acids is 1. The molecule has 0 saturated heterocycles. The fraction of sp³-hybridized carbons (Fsp3) is 0.118. The second kappa shape index (κ2) is 5.81. The number of anilines is 1. The van der Waals surface area contributed by atoms with Crippen LogP contribution in [0.25, 0.3) is 11.5 Å². The Bertz CT molecular complexity index is 793. The highest BCUT2D eigenvalue weighted by atomic mass is 16.4. The van der Waals surface area contributed by atoms with Gasteiger partial charge in [0.25, 0.3) is 5.91 Å². The van der Waals surface area contributed by atoms with Gasteiger partial charge in [0.2, 0.25) is 5.89 Å². The van der Waals surface area contributed by atoms with E-state index in [0.717, 1.165) is 11.1 Å². The van der Waals surface area contributed by atoms with Crippen LogP contribution >= 0.6 is 0 Å². The summed E-state index contributed by atoms with van der Waals surface area (Å²) >= 11 is 0. The summed E-state index contributed by atoms with van der Waals surface area (Å²) in [6, 6.07) is 11.3. The van der Waals surface area contributed by atoms with Crippen molar-refractivity contribution in [2.24, 2.45) is 0 Å². The Labute approximate surface area is 128 Å². The standard InChI is InChI=1S/C17H15N3O2/c1-11-5-7-13(8-6-11)17-20-15(12(2)22-17)16(21)19-14-4-3-9-18-10-14/h3-10H,1-2H3,(H,19,21). The van der Waals surface area contributed by atoms with Crippen LogP contribution in [0.3, 0.4) is 0 Å². The summed E-state index contributed by atoms with van der Waals surface area (Å²) in [7, 11) is 0. The lowest BCUT2D eigenvalue weighted by Crippen LogP contribution is -2.13. The Morgan fingerprint density at radius 1 is 1.14 bits per heavy atom. The molecular formula is C17H15N3O2. The Morgan fingerprint density at radius 3 is 2.59 bits per heavy atom. The van der Waals surface area contributed by atoms with Crippen LogP contribution in [0.1, 0.15) is 21.8 Å². The Kier molecular flexibility index (Phi) is 3.70. The molecule has 0 saturated carbocycles. The normalized spacial score (nSPS) is 10.5. The number of rotatable bonds is 3. The summed E-state index contributed by atoms with van der Waals surface area (Å²) in [5.74, 6) is 0.610. The van der Waals surface area contributed by atoms with Crippen LogP contribution in [-0.4, -0.2) is 15.9 Å². The number of benzene rings is 1. The maximum atomic E-state index is 12.3. The molecule has 3 rings (SSSR count). The number of amides is 1. The first-order valence-electron chi connectivity index (χ1n) is 6.89. The molecule has 2 heterocycles. The average molecular weight is 293 g/mol. The van der Waals surface area contributed by atoms with Crippen molar-refractivity contribution >= 4 is 11.6 Å². The molecule has 0 atom stereocenters. The fourth-order valence-corrected chi connectivity index (χ4v) is 2.05. The Hall–Kier alpha value is -2.95. The van der Waals surface area contributed by atoms with Crippen molar-refractivity contribution in [1.29, 1.82) is 0 Å². The quantitative estimate of drug-likeness (QED) is 0.801. The average Bonchev–Trinajstić information content (AvgIpc) is 2.91. The van der Waals surface area contributed by atoms with Crippen LogP contribution in [0.5, 0.6) is 0 Å². The van der Waals surface area contributed by atoms with E-state index in [4.69, 9.17) is 4.42 Å². The molecule has 5 heteroatoms. The van der Waals surface area contributed by atoms with Crippen molar-refractivity contribution in [2.45, 2.75) is 13.8 Å². The van der Waals surface area contributed by atoms with Gasteiger partial charge in [0, 0.05) is 11.8 Å². The van der Waals surface area contributed by atoms with Crippen molar-refractivity contribution in [3.63, 3.8) is 0 Å². The summed E-state index contributed by atoms with van der Waals surface area (Å²) in [4.78, 5) is 20.5. The molecule has 1 N–H and O–H groups in total. The van der Waals surface area contributed by atoms with Crippen LogP contribution < -0.4 is 5.32 Å². The van der Waals surface area contributed by atoms with Crippen LogP contribution in [0.2, 0.25) is 0 Å². The lowest BCUT2D eigenvalue weighted by atomic mass is 10.1. The maximum absolute atomic E-state index is 12.3. The first kappa shape index (κ1) is 14.0. The van der Waals surface area contributed by atoms with Crippen LogP contribution in [0.4, 0.5) is 5.69 Å². The molecular weight excluding hydrogens is 278 g/mol. The molecule has 0 aliphatic rings. The molecule has 22 heavy (non-hydrogen) atoms. The highest BCUT2D eigenvalue weighted by molar-refractivity contribution is 6.03. The van der Waals surface area contributed by atoms with Gasteiger partial charge in [-0.25, -0.2) is 4.98 Å². The Morgan fingerprint density at radius 2 is 1.91 bits per heavy atom. The third kappa shape index (κ3) is 2.88. The summed E-state index contributed by atoms with van der Waals surface area (Å²) < 4.78 is 5.61. The fourth-order valence-electron chi connectivity index (χ4n) is 2.05. The third-order valence-corrected chi connectivity index (χ3v) is 3.23. The van der Waals surface area contributed by atoms with Gasteiger partial charge in [0.05, 0.1) is 11.9 Å². The molecule has 0 unspecified atom stereocenters. The molecule has 0 aliphatic carbocycles. The van der Waals surface area contributed by atoms with E-state index >= 15 is 0 Å². The molecule has 0 aliphatic heterocycles. The van der Waals surface area contributed by atoms with Crippen molar-refractivity contribution < 1.29 is 9.21 Å². The lowest BCUT2D eigenvalue weighted by Gasteiger charge is -2.01. The zero-order chi connectivity index (χ0) is 15.5. The number of pyridine rings is 1. The second-order valence-electron chi connectivity index (χ2n) is 4.99. The zero-order valence-electron chi connectivity index (χ0n) is 12.3. The monoisotopic (exact) mass is 293 g/mol. The summed E-state index contributed by atoms with van der Waals surface area (Å²) in [5, 5.41) is 2.75. The number of carbonyl (C=O) groups is 1. The van der Waals surface area contributed by atoms with Crippen molar-refractivity contribution in [3.8, 4) is 11.5 Å². The smallest absolute Gasteiger partial charge is 0.277 e. The lowest BCUT2D eigenvalue weighted by molar-refractivity contribution is 0.102. The highest BCUT2D eigenvalue weighted by Crippen LogP contribution is 2.22. The van der Waals surface area contributed by atoms with E-state index < -0.39 is 0 Å². The molecule has 110 valence electrons. The molecule has 2 aromatic heterocycles. The molecule has 0 fully saturated rings. The predicted molar refractivity (Wildman–Crippen MR) is 83.6 cm³/mol. The van der Waals surface area contributed by atoms with Gasteiger partial charge in [0.15, 0.2) is 5.69 Å². The van der Waals surface area contributed by atoms with E-state index in [9.17, 15) is 4.79 Å². The minimum Gasteiger partial charge on any atom is -0.441 e. The number of aryl methyl sites for hydroxylation is 2. The number of nitrogens with zero attached hydrogens (tertiary/aromatic N) is 2. The SMILES string of the molecule is Cc1ccc(-c2nc(C(=O)Nc3cccnc3)c(C)o2)cc1. The molecule has 1 aromatic carbocycles. The van der Waals surface area contributed by atoms with Crippen LogP contribution in [0, 0.1) is 13.8 Å². The number of hydrogen-bond acceptors (Lipinski definition) is 4. The van der Waals surface area contributed by atoms with Gasteiger partial charge in [-0.2, -0.15) is 0 Å². The van der Waals surface area contributed by atoms with Crippen LogP contribution in [-0.2, 0) is 0 Å². The van der Waals surface area contributed by atoms with Gasteiger partial charge >= 0.3 is 0 Å². The van der Waals surface area contributed by atoms with Gasteiger partial charge < -0.3 is 9.73 Å². The number of nitrogens with one attached hydrogen (secondary N) is 1. The summed E-state index contributed by atoms with van der Waals surface area (Å²) in [6.45, 7) is 3.74. The minimum absolute atomic E-state index is 0.277. The predicted octanol–water partition coefficient (Wildman–Crippen LogP) is 3.61. The van der Waals surface area contributed by atoms with Gasteiger partial charge in [-0.05, 0) is 38.1 Å². The number of hydrogen-bond donors (Lipinski definition) is 1. The third-order valence-electron chi connectivity index (χ3n) is 3.23. The van der Waals surface area contributed by atoms with E-state index in [1.165, 1.54) is 0 Å². The van der Waals surface area contributed by atoms with E-state index in [1.54, 1.807) is 31.5 Å². The first-order chi connectivity index (χ1) is 10.6. The largest absolute Gasteiger partial charge is 0.441 e. The first-order valence-corrected chi connectivity index (χ1v) is 6.89. The molecule has 1 amide bonds. The maximum Gasteiger partial charge on any atom is 0.277 e. The topological polar surface area (TPSA) is 68.0 Å². The van der Waals surface area contributed by atoms with Gasteiger partial charge in [-0.3, -0.25) is 9.78 Å². The minimum atomic E-state index is -0.312. The van der Waals surface area contributed by atoms with E-state index in [1.807, 2.05) is 31.2 Å². The molecule has 5 nitrogen and oxygen atoms in total. The summed E-state index contributed by atoms with van der Waals surface area (Å²) in [5.41, 5.74) is 2.89. The van der Waals surface area contributed by atoms with E-state index in [0.29, 0.717) is 17.3 Å². The van der Waals surface area contributed by atoms with E-state index in [-0.39, 0.29) is 11.6 Å². The molecule has 3 aromatic rings. The van der Waals surface area contributed by atoms with Crippen LogP contribution in [0.15, 0.2) is 53.2 Å². The highest BCUT2D eigenvalue weighted by Gasteiger charge is 2.18. The molecule has 0 bridgehead atoms. The zero-order valence-corrected chi connectivity index (χ0v) is 12.3. The second-order valence-corrected chi connectivity index (χ2v) is 4.99. The van der Waals surface area contributed by atoms with Gasteiger partial charge in [-0.15, -0.1) is 0 Å². The molecule has 0 spiro atoms. The van der Waals surface area contributed by atoms with Crippen molar-refractivity contribution in [2.75, 3.05) is 5.32 Å². The Balaban J connectivity index is 1.86. The van der Waals surface area contributed by atoms with Crippen molar-refractivity contribution in [1.82, 2.24) is 9.97 Å². The van der Waals surface area contributed by atoms with Gasteiger partial charge in [-0.1, -0.05) is 17.7 Å². The van der Waals surface area contributed by atoms with Gasteiger partial charge in [0.1, 0.15) is 5.76 Å².